The first-order valence-corrected chi connectivity index (χ1v) is 11.6. The number of aryl methyl sites for hydroxylation is 1. The fraction of sp³-hybridized carbons (Fsp3) is 0.160. The molecule has 6 nitrogen and oxygen atoms in total. The number of ether oxygens (including phenoxy) is 1. The van der Waals surface area contributed by atoms with Crippen LogP contribution in [0.15, 0.2) is 71.2 Å². The Morgan fingerprint density at radius 2 is 1.58 bits per heavy atom. The zero-order valence-electron chi connectivity index (χ0n) is 18.3. The first-order valence-electron chi connectivity index (χ1n) is 10.4. The maximum Gasteiger partial charge on any atom is 0.257 e. The Balaban J connectivity index is 1.54. The van der Waals surface area contributed by atoms with Gasteiger partial charge >= 0.3 is 0 Å². The van der Waals surface area contributed by atoms with Gasteiger partial charge in [0.25, 0.3) is 11.8 Å². The number of thiocarbonyl (C=S) groups is 1. The average Bonchev–Trinajstić information content (AvgIpc) is 2.79. The number of anilines is 2. The van der Waals surface area contributed by atoms with Crippen LogP contribution in [-0.4, -0.2) is 23.5 Å². The van der Waals surface area contributed by atoms with Crippen LogP contribution in [0.25, 0.3) is 0 Å². The molecule has 3 rings (SSSR count). The summed E-state index contributed by atoms with van der Waals surface area (Å²) in [6.45, 7) is 4.57. The lowest BCUT2D eigenvalue weighted by Gasteiger charge is -2.12. The summed E-state index contributed by atoms with van der Waals surface area (Å²) >= 11 is 8.68. The van der Waals surface area contributed by atoms with E-state index in [0.717, 1.165) is 12.0 Å². The van der Waals surface area contributed by atoms with Gasteiger partial charge in [-0.05, 0) is 96.1 Å². The van der Waals surface area contributed by atoms with Crippen molar-refractivity contribution in [1.82, 2.24) is 5.32 Å². The topological polar surface area (TPSA) is 79.5 Å². The number of amides is 2. The highest BCUT2D eigenvalue weighted by Gasteiger charge is 2.11. The zero-order valence-corrected chi connectivity index (χ0v) is 20.7. The molecule has 170 valence electrons. The second-order valence-corrected chi connectivity index (χ2v) is 8.57. The van der Waals surface area contributed by atoms with Crippen LogP contribution in [0, 0.1) is 6.92 Å². The number of carbonyl (C=O) groups is 2. The molecule has 0 aliphatic rings. The Kier molecular flexibility index (Phi) is 8.57. The maximum absolute atomic E-state index is 12.5. The molecule has 33 heavy (non-hydrogen) atoms. The van der Waals surface area contributed by atoms with Crippen molar-refractivity contribution < 1.29 is 14.3 Å². The molecule has 0 saturated heterocycles. The molecule has 0 bridgehead atoms. The number of halogens is 1. The Labute approximate surface area is 206 Å². The van der Waals surface area contributed by atoms with E-state index >= 15 is 0 Å². The summed E-state index contributed by atoms with van der Waals surface area (Å²) in [6.07, 6.45) is 0.898. The molecule has 0 radical (unpaired) electrons. The monoisotopic (exact) mass is 525 g/mol. The molecule has 0 spiro atoms. The van der Waals surface area contributed by atoms with Crippen LogP contribution in [0.5, 0.6) is 5.75 Å². The number of rotatable bonds is 7. The summed E-state index contributed by atoms with van der Waals surface area (Å²) in [7, 11) is 0. The third-order valence-electron chi connectivity index (χ3n) is 4.56. The highest BCUT2D eigenvalue weighted by molar-refractivity contribution is 9.10. The third kappa shape index (κ3) is 7.13. The highest BCUT2D eigenvalue weighted by Crippen LogP contribution is 2.26. The molecular weight excluding hydrogens is 502 g/mol. The van der Waals surface area contributed by atoms with Crippen molar-refractivity contribution in [2.75, 3.05) is 17.2 Å². The van der Waals surface area contributed by atoms with Gasteiger partial charge in [0.15, 0.2) is 5.11 Å². The van der Waals surface area contributed by atoms with Gasteiger partial charge in [0.2, 0.25) is 0 Å². The smallest absolute Gasteiger partial charge is 0.257 e. The first kappa shape index (κ1) is 24.4. The quantitative estimate of drug-likeness (QED) is 0.333. The van der Waals surface area contributed by atoms with E-state index in [9.17, 15) is 9.59 Å². The van der Waals surface area contributed by atoms with Gasteiger partial charge in [-0.3, -0.25) is 14.9 Å². The molecule has 3 aromatic carbocycles. The maximum atomic E-state index is 12.5. The normalized spacial score (nSPS) is 10.3. The lowest BCUT2D eigenvalue weighted by atomic mass is 10.1. The van der Waals surface area contributed by atoms with E-state index < -0.39 is 0 Å². The molecule has 3 aromatic rings. The molecule has 0 aliphatic heterocycles. The number of nitrogens with one attached hydrogen (secondary N) is 3. The van der Waals surface area contributed by atoms with Gasteiger partial charge in [0.05, 0.1) is 11.1 Å². The molecule has 0 heterocycles. The Bertz CT molecular complexity index is 1170. The highest BCUT2D eigenvalue weighted by atomic mass is 79.9. The van der Waals surface area contributed by atoms with Crippen LogP contribution >= 0.6 is 28.1 Å². The number of hydrogen-bond acceptors (Lipinski definition) is 4. The van der Waals surface area contributed by atoms with E-state index in [1.54, 1.807) is 48.5 Å². The van der Waals surface area contributed by atoms with E-state index in [-0.39, 0.29) is 16.9 Å². The van der Waals surface area contributed by atoms with Crippen molar-refractivity contribution in [3.05, 3.63) is 87.9 Å². The van der Waals surface area contributed by atoms with Crippen LogP contribution in [0.3, 0.4) is 0 Å². The van der Waals surface area contributed by atoms with Gasteiger partial charge in [-0.25, -0.2) is 0 Å². The van der Waals surface area contributed by atoms with Crippen molar-refractivity contribution in [1.29, 1.82) is 0 Å². The van der Waals surface area contributed by atoms with Gasteiger partial charge in [-0.15, -0.1) is 0 Å². The fourth-order valence-electron chi connectivity index (χ4n) is 2.94. The predicted molar refractivity (Wildman–Crippen MR) is 139 cm³/mol. The van der Waals surface area contributed by atoms with Crippen LogP contribution in [0.2, 0.25) is 0 Å². The predicted octanol–water partition coefficient (Wildman–Crippen LogP) is 5.93. The van der Waals surface area contributed by atoms with Crippen molar-refractivity contribution in [3.8, 4) is 5.75 Å². The Morgan fingerprint density at radius 3 is 2.21 bits per heavy atom. The lowest BCUT2D eigenvalue weighted by Crippen LogP contribution is -2.34. The van der Waals surface area contributed by atoms with E-state index in [2.05, 4.69) is 31.9 Å². The summed E-state index contributed by atoms with van der Waals surface area (Å²) in [5.74, 6) is 0.167. The minimum atomic E-state index is -0.336. The molecule has 2 amide bonds. The van der Waals surface area contributed by atoms with Crippen molar-refractivity contribution in [3.63, 3.8) is 0 Å². The largest absolute Gasteiger partial charge is 0.492 e. The van der Waals surface area contributed by atoms with Gasteiger partial charge in [-0.1, -0.05) is 24.6 Å². The lowest BCUT2D eigenvalue weighted by molar-refractivity contribution is 0.0976. The second-order valence-electron chi connectivity index (χ2n) is 7.30. The van der Waals surface area contributed by atoms with Crippen LogP contribution in [-0.2, 0) is 0 Å². The van der Waals surface area contributed by atoms with Gasteiger partial charge in [-0.2, -0.15) is 0 Å². The Morgan fingerprint density at radius 1 is 0.909 bits per heavy atom. The molecule has 0 unspecified atom stereocenters. The van der Waals surface area contributed by atoms with Crippen LogP contribution in [0.1, 0.15) is 39.6 Å². The van der Waals surface area contributed by atoms with E-state index in [1.165, 1.54) is 0 Å². The van der Waals surface area contributed by atoms with Crippen molar-refractivity contribution >= 4 is 56.4 Å². The first-order chi connectivity index (χ1) is 15.9. The molecule has 0 aromatic heterocycles. The summed E-state index contributed by atoms with van der Waals surface area (Å²) < 4.78 is 6.30. The molecular formula is C25H24BrN3O3S. The molecule has 0 saturated carbocycles. The standard InChI is InChI=1S/C25H24BrN3O3S/c1-3-13-32-22-12-7-18(15-21(22)26)24(31)29-25(33)28-20-10-8-19(9-11-20)27-23(30)17-6-4-5-16(2)14-17/h4-12,14-15H,3,13H2,1-2H3,(H,27,30)(H2,28,29,31,33). The van der Waals surface area contributed by atoms with Gasteiger partial charge < -0.3 is 15.4 Å². The van der Waals surface area contributed by atoms with E-state index in [1.807, 2.05) is 32.0 Å². The fourth-order valence-corrected chi connectivity index (χ4v) is 3.64. The van der Waals surface area contributed by atoms with Crippen LogP contribution in [0.4, 0.5) is 11.4 Å². The molecule has 0 aliphatic carbocycles. The summed E-state index contributed by atoms with van der Waals surface area (Å²) in [5.41, 5.74) is 3.39. The zero-order chi connectivity index (χ0) is 23.8. The molecule has 8 heteroatoms. The molecule has 0 fully saturated rings. The van der Waals surface area contributed by atoms with E-state index in [0.29, 0.717) is 39.3 Å². The average molecular weight is 526 g/mol. The number of benzene rings is 3. The minimum absolute atomic E-state index is 0.166. The van der Waals surface area contributed by atoms with Crippen molar-refractivity contribution in [2.24, 2.45) is 0 Å². The summed E-state index contributed by atoms with van der Waals surface area (Å²) in [6, 6.07) is 19.5. The van der Waals surface area contributed by atoms with Gasteiger partial charge in [0, 0.05) is 22.5 Å². The van der Waals surface area contributed by atoms with Crippen LogP contribution < -0.4 is 20.7 Å². The summed E-state index contributed by atoms with van der Waals surface area (Å²) in [5, 5.41) is 8.65. The third-order valence-corrected chi connectivity index (χ3v) is 5.39. The summed E-state index contributed by atoms with van der Waals surface area (Å²) in [4.78, 5) is 24.9. The van der Waals surface area contributed by atoms with Crippen molar-refractivity contribution in [2.45, 2.75) is 20.3 Å². The molecule has 3 N–H and O–H groups in total. The minimum Gasteiger partial charge on any atom is -0.492 e. The Hall–Kier alpha value is -3.23. The number of carbonyl (C=O) groups excluding carboxylic acids is 2. The van der Waals surface area contributed by atoms with E-state index in [4.69, 9.17) is 17.0 Å². The van der Waals surface area contributed by atoms with Gasteiger partial charge in [0.1, 0.15) is 5.75 Å². The number of hydrogen-bond donors (Lipinski definition) is 3. The molecule has 0 atom stereocenters. The second kappa shape index (κ2) is 11.6. The SMILES string of the molecule is CCCOc1ccc(C(=O)NC(=S)Nc2ccc(NC(=O)c3cccc(C)c3)cc2)cc1Br.